The number of likely N-dealkylation sites (N-methyl/N-ethyl adjacent to an activating group) is 1. The molecule has 7 nitrogen and oxygen atoms in total. The molecule has 0 saturated heterocycles. The second-order valence-corrected chi connectivity index (χ2v) is 6.92. The number of carbonyl (C=O) groups is 2. The van der Waals surface area contributed by atoms with Crippen molar-refractivity contribution in [2.75, 3.05) is 26.7 Å². The molecule has 0 fully saturated rings. The van der Waals surface area contributed by atoms with Crippen molar-refractivity contribution in [1.82, 2.24) is 20.0 Å². The second-order valence-electron chi connectivity index (χ2n) is 5.89. The van der Waals surface area contributed by atoms with Crippen LogP contribution in [0.5, 0.6) is 0 Å². The first-order valence-electron chi connectivity index (χ1n) is 8.19. The Morgan fingerprint density at radius 3 is 2.73 bits per heavy atom. The zero-order chi connectivity index (χ0) is 18.7. The first-order valence-corrected chi connectivity index (χ1v) is 9.00. The molecule has 0 aliphatic carbocycles. The van der Waals surface area contributed by atoms with Gasteiger partial charge >= 0.3 is 0 Å². The third-order valence-corrected chi connectivity index (χ3v) is 5.17. The van der Waals surface area contributed by atoms with Gasteiger partial charge in [0, 0.05) is 25.5 Å². The van der Waals surface area contributed by atoms with Crippen molar-refractivity contribution in [3.63, 3.8) is 0 Å². The van der Waals surface area contributed by atoms with E-state index in [9.17, 15) is 9.59 Å². The number of aryl methyl sites for hydroxylation is 1. The molecule has 2 aromatic heterocycles. The molecule has 0 spiro atoms. The average Bonchev–Trinajstić information content (AvgIpc) is 3.22. The number of benzene rings is 1. The molecule has 136 valence electrons. The molecule has 0 bridgehead atoms. The molecule has 1 aromatic carbocycles. The standard InChI is InChI=1S/C18H20N4O3S/c1-12-14-10-15(17(25)19-8-9-21(2)16(24)11-23)26-18(14)22(20-12)13-6-4-3-5-7-13/h3-7,10,23H,8-9,11H2,1-2H3,(H,19,25). The summed E-state index contributed by atoms with van der Waals surface area (Å²) < 4.78 is 1.85. The number of thiophene rings is 1. The molecule has 2 heterocycles. The predicted molar refractivity (Wildman–Crippen MR) is 101 cm³/mol. The highest BCUT2D eigenvalue weighted by Gasteiger charge is 2.17. The van der Waals surface area contributed by atoms with Crippen LogP contribution in [0.1, 0.15) is 15.4 Å². The summed E-state index contributed by atoms with van der Waals surface area (Å²) in [4.78, 5) is 26.6. The topological polar surface area (TPSA) is 87.5 Å². The Labute approximate surface area is 154 Å². The number of carbonyl (C=O) groups excluding carboxylic acids is 2. The fraction of sp³-hybridized carbons (Fsp3) is 0.278. The summed E-state index contributed by atoms with van der Waals surface area (Å²) in [5, 5.41) is 17.1. The molecule has 3 rings (SSSR count). The summed E-state index contributed by atoms with van der Waals surface area (Å²) in [5.41, 5.74) is 1.82. The van der Waals surface area contributed by atoms with Crippen molar-refractivity contribution in [3.8, 4) is 5.69 Å². The lowest BCUT2D eigenvalue weighted by molar-refractivity contribution is -0.132. The van der Waals surface area contributed by atoms with Crippen molar-refractivity contribution in [3.05, 3.63) is 47.0 Å². The molecule has 0 atom stereocenters. The number of aliphatic hydroxyl groups is 1. The molecular formula is C18H20N4O3S. The van der Waals surface area contributed by atoms with Gasteiger partial charge in [-0.1, -0.05) is 18.2 Å². The van der Waals surface area contributed by atoms with E-state index in [0.717, 1.165) is 21.6 Å². The maximum absolute atomic E-state index is 12.4. The third kappa shape index (κ3) is 3.61. The molecule has 0 aliphatic heterocycles. The zero-order valence-corrected chi connectivity index (χ0v) is 15.4. The molecule has 0 saturated carbocycles. The van der Waals surface area contributed by atoms with Crippen LogP contribution in [0.15, 0.2) is 36.4 Å². The van der Waals surface area contributed by atoms with E-state index in [0.29, 0.717) is 18.0 Å². The molecule has 0 radical (unpaired) electrons. The van der Waals surface area contributed by atoms with Crippen molar-refractivity contribution >= 4 is 33.4 Å². The minimum absolute atomic E-state index is 0.185. The highest BCUT2D eigenvalue weighted by Crippen LogP contribution is 2.30. The normalized spacial score (nSPS) is 10.9. The van der Waals surface area contributed by atoms with Gasteiger partial charge in [-0.25, -0.2) is 4.68 Å². The largest absolute Gasteiger partial charge is 0.387 e. The van der Waals surface area contributed by atoms with Crippen molar-refractivity contribution in [2.24, 2.45) is 0 Å². The highest BCUT2D eigenvalue weighted by atomic mass is 32.1. The molecule has 26 heavy (non-hydrogen) atoms. The number of hydrogen-bond donors (Lipinski definition) is 2. The quantitative estimate of drug-likeness (QED) is 0.688. The van der Waals surface area contributed by atoms with Gasteiger partial charge in [0.25, 0.3) is 5.91 Å². The Balaban J connectivity index is 1.75. The Morgan fingerprint density at radius 2 is 2.04 bits per heavy atom. The number of nitrogens with one attached hydrogen (secondary N) is 1. The second kappa shape index (κ2) is 7.67. The summed E-state index contributed by atoms with van der Waals surface area (Å²) in [6, 6.07) is 11.6. The lowest BCUT2D eigenvalue weighted by Gasteiger charge is -2.15. The Bertz CT molecular complexity index is 933. The van der Waals surface area contributed by atoms with E-state index in [1.54, 1.807) is 7.05 Å². The van der Waals surface area contributed by atoms with Crippen molar-refractivity contribution < 1.29 is 14.7 Å². The van der Waals surface area contributed by atoms with E-state index in [4.69, 9.17) is 5.11 Å². The number of nitrogens with zero attached hydrogens (tertiary/aromatic N) is 3. The van der Waals surface area contributed by atoms with Crippen LogP contribution in [0.25, 0.3) is 15.9 Å². The fourth-order valence-corrected chi connectivity index (χ4v) is 3.67. The van der Waals surface area contributed by atoms with Crippen LogP contribution in [-0.2, 0) is 4.79 Å². The minimum Gasteiger partial charge on any atom is -0.387 e. The zero-order valence-electron chi connectivity index (χ0n) is 14.6. The Morgan fingerprint density at radius 1 is 1.31 bits per heavy atom. The molecule has 3 aromatic rings. The maximum Gasteiger partial charge on any atom is 0.261 e. The summed E-state index contributed by atoms with van der Waals surface area (Å²) in [6.07, 6.45) is 0. The van der Waals surface area contributed by atoms with E-state index in [2.05, 4.69) is 10.4 Å². The van der Waals surface area contributed by atoms with Gasteiger partial charge in [-0.2, -0.15) is 5.10 Å². The van der Waals surface area contributed by atoms with Crippen LogP contribution in [0.3, 0.4) is 0 Å². The lowest BCUT2D eigenvalue weighted by Crippen LogP contribution is -2.37. The van der Waals surface area contributed by atoms with Crippen LogP contribution in [0.2, 0.25) is 0 Å². The van der Waals surface area contributed by atoms with Crippen LogP contribution in [0, 0.1) is 6.92 Å². The molecule has 0 aliphatic rings. The number of hydrogen-bond acceptors (Lipinski definition) is 5. The van der Waals surface area contributed by atoms with Gasteiger partial charge in [-0.05, 0) is 25.1 Å². The van der Waals surface area contributed by atoms with Gasteiger partial charge in [0.15, 0.2) is 0 Å². The van der Waals surface area contributed by atoms with Crippen molar-refractivity contribution in [2.45, 2.75) is 6.92 Å². The maximum atomic E-state index is 12.4. The first-order chi connectivity index (χ1) is 12.5. The number of aromatic nitrogens is 2. The number of amides is 2. The van der Waals surface area contributed by atoms with Gasteiger partial charge in [-0.15, -0.1) is 11.3 Å². The van der Waals surface area contributed by atoms with E-state index in [1.807, 2.05) is 48.0 Å². The number of rotatable bonds is 6. The molecule has 8 heteroatoms. The van der Waals surface area contributed by atoms with Crippen LogP contribution in [0.4, 0.5) is 0 Å². The van der Waals surface area contributed by atoms with E-state index >= 15 is 0 Å². The lowest BCUT2D eigenvalue weighted by atomic mass is 10.3. The summed E-state index contributed by atoms with van der Waals surface area (Å²) >= 11 is 1.39. The SMILES string of the molecule is Cc1nn(-c2ccccc2)c2sc(C(=O)NCCN(C)C(=O)CO)cc12. The number of fused-ring (bicyclic) bond motifs is 1. The third-order valence-electron chi connectivity index (χ3n) is 4.06. The molecule has 2 amide bonds. The predicted octanol–water partition coefficient (Wildman–Crippen LogP) is 1.58. The summed E-state index contributed by atoms with van der Waals surface area (Å²) in [7, 11) is 1.59. The van der Waals surface area contributed by atoms with E-state index in [-0.39, 0.29) is 11.8 Å². The molecular weight excluding hydrogens is 352 g/mol. The monoisotopic (exact) mass is 372 g/mol. The summed E-state index contributed by atoms with van der Waals surface area (Å²) in [6.45, 7) is 2.05. The van der Waals surface area contributed by atoms with E-state index in [1.165, 1.54) is 16.2 Å². The van der Waals surface area contributed by atoms with Gasteiger partial charge in [-0.3, -0.25) is 9.59 Å². The van der Waals surface area contributed by atoms with Crippen molar-refractivity contribution in [1.29, 1.82) is 0 Å². The van der Waals surface area contributed by atoms with Crippen LogP contribution in [-0.4, -0.2) is 58.3 Å². The Kier molecular flexibility index (Phi) is 5.34. The summed E-state index contributed by atoms with van der Waals surface area (Å²) in [5.74, 6) is -0.560. The van der Waals surface area contributed by atoms with Crippen LogP contribution >= 0.6 is 11.3 Å². The average molecular weight is 372 g/mol. The fourth-order valence-electron chi connectivity index (χ4n) is 2.57. The Hall–Kier alpha value is -2.71. The minimum atomic E-state index is -0.532. The highest BCUT2D eigenvalue weighted by molar-refractivity contribution is 7.20. The molecule has 0 unspecified atom stereocenters. The number of aliphatic hydroxyl groups excluding tert-OH is 1. The molecule has 2 N–H and O–H groups in total. The van der Waals surface area contributed by atoms with Gasteiger partial charge in [0.05, 0.1) is 16.3 Å². The van der Waals surface area contributed by atoms with Gasteiger partial charge < -0.3 is 15.3 Å². The first kappa shape index (κ1) is 18.1. The van der Waals surface area contributed by atoms with E-state index < -0.39 is 6.61 Å². The van der Waals surface area contributed by atoms with Gasteiger partial charge in [0.2, 0.25) is 5.91 Å². The van der Waals surface area contributed by atoms with Gasteiger partial charge in [0.1, 0.15) is 11.4 Å². The number of para-hydroxylation sites is 1. The smallest absolute Gasteiger partial charge is 0.261 e. The van der Waals surface area contributed by atoms with Crippen LogP contribution < -0.4 is 5.32 Å².